The van der Waals surface area contributed by atoms with Gasteiger partial charge in [-0.2, -0.15) is 0 Å². The Bertz CT molecular complexity index is 794. The molecule has 0 saturated carbocycles. The fraction of sp³-hybridized carbons (Fsp3) is 0.235. The topological polar surface area (TPSA) is 66.5 Å². The van der Waals surface area contributed by atoms with Crippen molar-refractivity contribution in [3.8, 4) is 0 Å². The molecule has 0 atom stereocenters. The van der Waals surface area contributed by atoms with E-state index in [0.29, 0.717) is 18.1 Å². The van der Waals surface area contributed by atoms with Crippen molar-refractivity contribution in [3.63, 3.8) is 0 Å². The van der Waals surface area contributed by atoms with E-state index in [9.17, 15) is 13.2 Å². The molecular weight excluding hydrogens is 348 g/mol. The van der Waals surface area contributed by atoms with Crippen LogP contribution in [0.25, 0.3) is 0 Å². The number of benzene rings is 2. The molecule has 24 heavy (non-hydrogen) atoms. The minimum Gasteiger partial charge on any atom is -0.338 e. The van der Waals surface area contributed by atoms with Crippen LogP contribution in [0.3, 0.4) is 0 Å². The molecule has 0 saturated heterocycles. The number of sulfonamides is 1. The van der Waals surface area contributed by atoms with Gasteiger partial charge in [0, 0.05) is 18.1 Å². The Hall–Kier alpha value is -1.89. The van der Waals surface area contributed by atoms with E-state index in [2.05, 4.69) is 4.72 Å². The molecule has 0 aromatic heterocycles. The van der Waals surface area contributed by atoms with Gasteiger partial charge in [0.05, 0.1) is 11.4 Å². The first-order chi connectivity index (χ1) is 11.4. The van der Waals surface area contributed by atoms with Gasteiger partial charge in [-0.15, -0.1) is 0 Å². The summed E-state index contributed by atoms with van der Waals surface area (Å²) in [6, 6.07) is 15.5. The summed E-state index contributed by atoms with van der Waals surface area (Å²) in [4.78, 5) is 13.9. The van der Waals surface area contributed by atoms with Crippen molar-refractivity contribution in [3.05, 3.63) is 65.2 Å². The third kappa shape index (κ3) is 5.06. The molecule has 0 aliphatic rings. The normalized spacial score (nSPS) is 11.2. The molecule has 0 bridgehead atoms. The van der Waals surface area contributed by atoms with Gasteiger partial charge in [-0.05, 0) is 30.7 Å². The quantitative estimate of drug-likeness (QED) is 0.819. The first kappa shape index (κ1) is 18.4. The molecule has 1 amide bonds. The van der Waals surface area contributed by atoms with Crippen molar-refractivity contribution in [2.75, 3.05) is 13.1 Å². The van der Waals surface area contributed by atoms with Crippen LogP contribution in [0.2, 0.25) is 5.02 Å². The van der Waals surface area contributed by atoms with Crippen LogP contribution < -0.4 is 4.72 Å². The molecule has 7 heteroatoms. The number of carbonyl (C=O) groups excluding carboxylic acids is 1. The van der Waals surface area contributed by atoms with E-state index in [4.69, 9.17) is 11.6 Å². The predicted molar refractivity (Wildman–Crippen MR) is 94.2 cm³/mol. The first-order valence-electron chi connectivity index (χ1n) is 7.49. The Morgan fingerprint density at radius 1 is 1.12 bits per heavy atom. The van der Waals surface area contributed by atoms with Gasteiger partial charge in [-0.1, -0.05) is 48.0 Å². The number of halogens is 1. The van der Waals surface area contributed by atoms with Crippen molar-refractivity contribution >= 4 is 27.5 Å². The van der Waals surface area contributed by atoms with E-state index in [-0.39, 0.29) is 17.3 Å². The molecule has 0 radical (unpaired) electrons. The zero-order chi connectivity index (χ0) is 17.6. The summed E-state index contributed by atoms with van der Waals surface area (Å²) in [6.07, 6.45) is 0. The standard InChI is InChI=1S/C17H19ClN2O3S/c1-2-20(13-14-7-4-3-5-8-14)17(21)12-19-24(22,23)16-10-6-9-15(18)11-16/h3-11,19H,2,12-13H2,1H3. The number of carbonyl (C=O) groups is 1. The molecule has 1 N–H and O–H groups in total. The Kier molecular flexibility index (Phi) is 6.36. The highest BCUT2D eigenvalue weighted by molar-refractivity contribution is 7.89. The smallest absolute Gasteiger partial charge is 0.241 e. The summed E-state index contributed by atoms with van der Waals surface area (Å²) < 4.78 is 26.8. The van der Waals surface area contributed by atoms with E-state index < -0.39 is 10.0 Å². The number of hydrogen-bond acceptors (Lipinski definition) is 3. The third-order valence-corrected chi connectivity index (χ3v) is 5.10. The molecule has 0 fully saturated rings. The van der Waals surface area contributed by atoms with Crippen LogP contribution >= 0.6 is 11.6 Å². The number of rotatable bonds is 7. The second-order valence-electron chi connectivity index (χ2n) is 5.18. The van der Waals surface area contributed by atoms with Crippen molar-refractivity contribution < 1.29 is 13.2 Å². The van der Waals surface area contributed by atoms with Gasteiger partial charge in [0.25, 0.3) is 0 Å². The number of amides is 1. The summed E-state index contributed by atoms with van der Waals surface area (Å²) in [5, 5.41) is 0.323. The zero-order valence-electron chi connectivity index (χ0n) is 13.3. The lowest BCUT2D eigenvalue weighted by Crippen LogP contribution is -2.39. The predicted octanol–water partition coefficient (Wildman–Crippen LogP) is 2.67. The number of hydrogen-bond donors (Lipinski definition) is 1. The van der Waals surface area contributed by atoms with Gasteiger partial charge in [0.1, 0.15) is 0 Å². The van der Waals surface area contributed by atoms with E-state index in [1.807, 2.05) is 37.3 Å². The van der Waals surface area contributed by atoms with Crippen LogP contribution in [-0.4, -0.2) is 32.3 Å². The number of nitrogens with one attached hydrogen (secondary N) is 1. The zero-order valence-corrected chi connectivity index (χ0v) is 14.8. The van der Waals surface area contributed by atoms with Crippen molar-refractivity contribution in [2.24, 2.45) is 0 Å². The molecule has 2 rings (SSSR count). The lowest BCUT2D eigenvalue weighted by Gasteiger charge is -2.21. The Morgan fingerprint density at radius 3 is 2.46 bits per heavy atom. The highest BCUT2D eigenvalue weighted by Gasteiger charge is 2.18. The van der Waals surface area contributed by atoms with Crippen LogP contribution in [0.4, 0.5) is 0 Å². The molecule has 0 heterocycles. The van der Waals surface area contributed by atoms with Crippen LogP contribution in [0.5, 0.6) is 0 Å². The minimum absolute atomic E-state index is 0.0360. The van der Waals surface area contributed by atoms with Gasteiger partial charge in [-0.25, -0.2) is 13.1 Å². The van der Waals surface area contributed by atoms with Crippen LogP contribution in [0.15, 0.2) is 59.5 Å². The molecule has 0 aliphatic heterocycles. The summed E-state index contributed by atoms with van der Waals surface area (Å²) in [5.41, 5.74) is 0.991. The lowest BCUT2D eigenvalue weighted by atomic mass is 10.2. The molecule has 5 nitrogen and oxygen atoms in total. The average molecular weight is 367 g/mol. The second kappa shape index (κ2) is 8.28. The maximum atomic E-state index is 12.3. The number of nitrogens with zero attached hydrogens (tertiary/aromatic N) is 1. The van der Waals surface area contributed by atoms with Gasteiger partial charge in [-0.3, -0.25) is 4.79 Å². The fourth-order valence-corrected chi connectivity index (χ4v) is 3.44. The average Bonchev–Trinajstić information content (AvgIpc) is 2.58. The molecule has 128 valence electrons. The Morgan fingerprint density at radius 2 is 1.83 bits per heavy atom. The fourth-order valence-electron chi connectivity index (χ4n) is 2.17. The van der Waals surface area contributed by atoms with Gasteiger partial charge < -0.3 is 4.90 Å². The molecular formula is C17H19ClN2O3S. The highest BCUT2D eigenvalue weighted by atomic mass is 35.5. The summed E-state index contributed by atoms with van der Waals surface area (Å²) in [6.45, 7) is 2.49. The summed E-state index contributed by atoms with van der Waals surface area (Å²) in [7, 11) is -3.77. The Labute approximate surface area is 147 Å². The summed E-state index contributed by atoms with van der Waals surface area (Å²) >= 11 is 5.81. The van der Waals surface area contributed by atoms with Crippen LogP contribution in [0, 0.1) is 0 Å². The van der Waals surface area contributed by atoms with E-state index >= 15 is 0 Å². The molecule has 2 aromatic carbocycles. The maximum Gasteiger partial charge on any atom is 0.241 e. The first-order valence-corrected chi connectivity index (χ1v) is 9.35. The van der Waals surface area contributed by atoms with Crippen molar-refractivity contribution in [2.45, 2.75) is 18.4 Å². The molecule has 2 aromatic rings. The monoisotopic (exact) mass is 366 g/mol. The SMILES string of the molecule is CCN(Cc1ccccc1)C(=O)CNS(=O)(=O)c1cccc(Cl)c1. The van der Waals surface area contributed by atoms with Crippen LogP contribution in [-0.2, 0) is 21.4 Å². The summed E-state index contributed by atoms with van der Waals surface area (Å²) in [5.74, 6) is -0.285. The molecule has 0 aliphatic carbocycles. The van der Waals surface area contributed by atoms with E-state index in [1.54, 1.807) is 17.0 Å². The molecule has 0 spiro atoms. The largest absolute Gasteiger partial charge is 0.338 e. The van der Waals surface area contributed by atoms with E-state index in [0.717, 1.165) is 5.56 Å². The van der Waals surface area contributed by atoms with Gasteiger partial charge in [0.15, 0.2) is 0 Å². The van der Waals surface area contributed by atoms with E-state index in [1.165, 1.54) is 12.1 Å². The van der Waals surface area contributed by atoms with Crippen molar-refractivity contribution in [1.82, 2.24) is 9.62 Å². The van der Waals surface area contributed by atoms with Gasteiger partial charge in [0.2, 0.25) is 15.9 Å². The highest BCUT2D eigenvalue weighted by Crippen LogP contribution is 2.15. The van der Waals surface area contributed by atoms with Crippen LogP contribution in [0.1, 0.15) is 12.5 Å². The lowest BCUT2D eigenvalue weighted by molar-refractivity contribution is -0.130. The van der Waals surface area contributed by atoms with Crippen molar-refractivity contribution in [1.29, 1.82) is 0 Å². The third-order valence-electron chi connectivity index (χ3n) is 3.47. The Balaban J connectivity index is 2.00. The number of likely N-dealkylation sites (N-methyl/N-ethyl adjacent to an activating group) is 1. The maximum absolute atomic E-state index is 12.3. The minimum atomic E-state index is -3.77. The molecule has 0 unspecified atom stereocenters. The van der Waals surface area contributed by atoms with Gasteiger partial charge >= 0.3 is 0 Å². The second-order valence-corrected chi connectivity index (χ2v) is 7.38.